The van der Waals surface area contributed by atoms with Crippen molar-refractivity contribution in [3.8, 4) is 0 Å². The van der Waals surface area contributed by atoms with Gasteiger partial charge < -0.3 is 14.9 Å². The molecule has 0 unspecified atom stereocenters. The summed E-state index contributed by atoms with van der Waals surface area (Å²) < 4.78 is 18.0. The first kappa shape index (κ1) is 28.0. The van der Waals surface area contributed by atoms with Crippen LogP contribution in [0.5, 0.6) is 0 Å². The van der Waals surface area contributed by atoms with Crippen LogP contribution in [0.4, 0.5) is 4.39 Å². The molecule has 0 saturated carbocycles. The largest absolute Gasteiger partial charge is 0.391 e. The summed E-state index contributed by atoms with van der Waals surface area (Å²) in [5.74, 6) is -0.291. The zero-order valence-electron chi connectivity index (χ0n) is 19.7. The summed E-state index contributed by atoms with van der Waals surface area (Å²) in [5, 5.41) is 6.35. The number of ether oxygens (including phenoxy) is 1. The number of benzene rings is 2. The molecule has 6 heteroatoms. The van der Waals surface area contributed by atoms with Crippen LogP contribution in [0.3, 0.4) is 0 Å². The molecule has 0 saturated heterocycles. The van der Waals surface area contributed by atoms with Crippen molar-refractivity contribution in [1.29, 1.82) is 0 Å². The number of carbonyl (C=O) groups is 1. The predicted octanol–water partition coefficient (Wildman–Crippen LogP) is 5.51. The van der Waals surface area contributed by atoms with Gasteiger partial charge in [0.1, 0.15) is 12.4 Å². The van der Waals surface area contributed by atoms with E-state index in [1.165, 1.54) is 17.2 Å². The second-order valence-corrected chi connectivity index (χ2v) is 6.64. The van der Waals surface area contributed by atoms with E-state index in [9.17, 15) is 4.39 Å². The zero-order chi connectivity index (χ0) is 23.6. The zero-order valence-corrected chi connectivity index (χ0v) is 19.7. The molecule has 0 aliphatic rings. The van der Waals surface area contributed by atoms with Gasteiger partial charge in [0, 0.05) is 32.4 Å². The van der Waals surface area contributed by atoms with Gasteiger partial charge in [-0.15, -0.1) is 0 Å². The van der Waals surface area contributed by atoms with E-state index in [1.807, 2.05) is 0 Å². The van der Waals surface area contributed by atoms with Crippen LogP contribution in [0.15, 0.2) is 53.7 Å². The van der Waals surface area contributed by atoms with Crippen LogP contribution in [0.1, 0.15) is 49.4 Å². The number of nitrogens with one attached hydrogen (secondary N) is 1. The first-order valence-electron chi connectivity index (χ1n) is 10.1. The highest BCUT2D eigenvalue weighted by Crippen LogP contribution is 2.23. The molecule has 0 heterocycles. The molecule has 0 spiro atoms. The molecule has 0 fully saturated rings. The van der Waals surface area contributed by atoms with E-state index in [0.29, 0.717) is 24.3 Å². The first-order chi connectivity index (χ1) is 14.9. The lowest BCUT2D eigenvalue weighted by Gasteiger charge is -2.12. The fourth-order valence-electron chi connectivity index (χ4n) is 2.68. The summed E-state index contributed by atoms with van der Waals surface area (Å²) in [4.78, 5) is 14.6. The molecule has 1 N–H and O–H groups in total. The number of methoxy groups -OCH3 is 1. The van der Waals surface area contributed by atoms with Gasteiger partial charge in [-0.25, -0.2) is 4.39 Å². The molecule has 0 aliphatic heterocycles. The van der Waals surface area contributed by atoms with Crippen molar-refractivity contribution in [2.75, 3.05) is 21.3 Å². The number of allylic oxidation sites excluding steroid dienone is 2. The Labute approximate surface area is 186 Å². The van der Waals surface area contributed by atoms with Crippen molar-refractivity contribution in [3.63, 3.8) is 0 Å². The van der Waals surface area contributed by atoms with Crippen molar-refractivity contribution in [2.24, 2.45) is 5.16 Å². The molecule has 170 valence electrons. The van der Waals surface area contributed by atoms with E-state index in [1.54, 1.807) is 46.4 Å². The molecule has 1 amide bonds. The van der Waals surface area contributed by atoms with Gasteiger partial charge in [0.2, 0.25) is 6.41 Å². The number of hydrogen-bond donors (Lipinski definition) is 1. The number of aryl methyl sites for hydroxylation is 1. The molecule has 2 aromatic carbocycles. The number of amides is 1. The second kappa shape index (κ2) is 16.8. The highest BCUT2D eigenvalue weighted by atomic mass is 19.1. The summed E-state index contributed by atoms with van der Waals surface area (Å²) in [6, 6.07) is 12.8. The van der Waals surface area contributed by atoms with Crippen LogP contribution in [0, 0.1) is 12.7 Å². The summed E-state index contributed by atoms with van der Waals surface area (Å²) in [7, 11) is 4.81. The Kier molecular flexibility index (Phi) is 15.2. The molecule has 0 radical (unpaired) electrons. The van der Waals surface area contributed by atoms with Crippen molar-refractivity contribution < 1.29 is 18.8 Å². The molecular weight excluding hydrogens is 395 g/mol. The third-order valence-corrected chi connectivity index (χ3v) is 4.14. The standard InChI is InChI=1S/C21H24FNO.C2H5NO.C2H6O/c1-5-9-15(2)18-12-8-10-16(3)20(18)14-24-23-17(4)19-11-6-7-13-21(19)22;1-3-2-4;1-3-2/h6-13H,5,14H2,1-4H3;2H,1H3,(H,3,4);1-2H3/b15-9-,23-17+;;. The molecule has 31 heavy (non-hydrogen) atoms. The first-order valence-corrected chi connectivity index (χ1v) is 10.1. The Hall–Kier alpha value is -2.99. The number of rotatable bonds is 7. The maximum absolute atomic E-state index is 13.8. The summed E-state index contributed by atoms with van der Waals surface area (Å²) >= 11 is 0. The average molecular weight is 431 g/mol. The Morgan fingerprint density at radius 3 is 2.23 bits per heavy atom. The maximum atomic E-state index is 13.8. The number of oxime groups is 1. The third-order valence-electron chi connectivity index (χ3n) is 4.14. The number of nitrogens with zero attached hydrogens (tertiary/aromatic N) is 1. The van der Waals surface area contributed by atoms with Crippen molar-refractivity contribution >= 4 is 17.7 Å². The molecule has 0 aromatic heterocycles. The van der Waals surface area contributed by atoms with E-state index < -0.39 is 0 Å². The van der Waals surface area contributed by atoms with Crippen LogP contribution in [0.25, 0.3) is 5.57 Å². The smallest absolute Gasteiger partial charge is 0.206 e. The van der Waals surface area contributed by atoms with Gasteiger partial charge in [-0.05, 0) is 50.0 Å². The molecule has 2 aromatic rings. The topological polar surface area (TPSA) is 59.9 Å². The van der Waals surface area contributed by atoms with E-state index in [-0.39, 0.29) is 5.82 Å². The lowest BCUT2D eigenvalue weighted by molar-refractivity contribution is -0.109. The lowest BCUT2D eigenvalue weighted by Crippen LogP contribution is -2.02. The molecular formula is C25H35FN2O3. The van der Waals surface area contributed by atoms with E-state index in [4.69, 9.17) is 9.63 Å². The molecule has 2 rings (SSSR count). The highest BCUT2D eigenvalue weighted by molar-refractivity contribution is 5.98. The maximum Gasteiger partial charge on any atom is 0.206 e. The highest BCUT2D eigenvalue weighted by Gasteiger charge is 2.09. The minimum absolute atomic E-state index is 0.291. The van der Waals surface area contributed by atoms with E-state index in [2.05, 4.69) is 60.3 Å². The van der Waals surface area contributed by atoms with Crippen LogP contribution >= 0.6 is 0 Å². The fraction of sp³-hybridized carbons (Fsp3) is 0.360. The summed E-state index contributed by atoms with van der Waals surface area (Å²) in [6.07, 6.45) is 3.82. The number of carbonyl (C=O) groups excluding carboxylic acids is 1. The van der Waals surface area contributed by atoms with Crippen molar-refractivity contribution in [1.82, 2.24) is 5.32 Å². The van der Waals surface area contributed by atoms with Gasteiger partial charge >= 0.3 is 0 Å². The van der Waals surface area contributed by atoms with Gasteiger partial charge in [-0.2, -0.15) is 0 Å². The molecule has 0 aliphatic carbocycles. The Bertz CT molecular complexity index is 848. The quantitative estimate of drug-likeness (QED) is 0.358. The van der Waals surface area contributed by atoms with Gasteiger partial charge in [0.05, 0.1) is 5.71 Å². The Morgan fingerprint density at radius 1 is 1.10 bits per heavy atom. The third kappa shape index (κ3) is 10.6. The summed E-state index contributed by atoms with van der Waals surface area (Å²) in [6.45, 7) is 8.41. The van der Waals surface area contributed by atoms with E-state index >= 15 is 0 Å². The SMILES string of the molecule is CC/C=C(/C)c1cccc(C)c1CO/N=C(\C)c1ccccc1F.CNC=O.COC. The minimum atomic E-state index is -0.291. The molecule has 0 bridgehead atoms. The van der Waals surface area contributed by atoms with Crippen molar-refractivity contribution in [2.45, 2.75) is 40.7 Å². The summed E-state index contributed by atoms with van der Waals surface area (Å²) in [5.41, 5.74) is 5.68. The second-order valence-electron chi connectivity index (χ2n) is 6.64. The van der Waals surface area contributed by atoms with Crippen molar-refractivity contribution in [3.05, 3.63) is 76.6 Å². The lowest BCUT2D eigenvalue weighted by atomic mass is 9.97. The number of hydrogen-bond acceptors (Lipinski definition) is 4. The fourth-order valence-corrected chi connectivity index (χ4v) is 2.68. The van der Waals surface area contributed by atoms with Gasteiger partial charge in [0.25, 0.3) is 0 Å². The monoisotopic (exact) mass is 430 g/mol. The van der Waals surface area contributed by atoms with E-state index in [0.717, 1.165) is 17.5 Å². The van der Waals surface area contributed by atoms with Gasteiger partial charge in [-0.3, -0.25) is 4.79 Å². The molecule has 0 atom stereocenters. The Morgan fingerprint density at radius 2 is 1.68 bits per heavy atom. The van der Waals surface area contributed by atoms with Gasteiger partial charge in [0.15, 0.2) is 0 Å². The van der Waals surface area contributed by atoms with Crippen LogP contribution < -0.4 is 5.32 Å². The number of halogens is 1. The van der Waals surface area contributed by atoms with Crippen LogP contribution in [-0.2, 0) is 21.0 Å². The van der Waals surface area contributed by atoms with Crippen LogP contribution in [-0.4, -0.2) is 33.4 Å². The predicted molar refractivity (Wildman–Crippen MR) is 127 cm³/mol. The normalized spacial score (nSPS) is 10.8. The molecule has 5 nitrogen and oxygen atoms in total. The average Bonchev–Trinajstić information content (AvgIpc) is 2.76. The van der Waals surface area contributed by atoms with Gasteiger partial charge in [-0.1, -0.05) is 54.6 Å². The minimum Gasteiger partial charge on any atom is -0.391 e. The Balaban J connectivity index is 0.00000113. The van der Waals surface area contributed by atoms with Crippen LogP contribution in [0.2, 0.25) is 0 Å².